The van der Waals surface area contributed by atoms with Crippen LogP contribution in [0.25, 0.3) is 0 Å². The van der Waals surface area contributed by atoms with Gasteiger partial charge in [-0.15, -0.1) is 0 Å². The van der Waals surface area contributed by atoms with Gasteiger partial charge in [0.2, 0.25) is 0 Å². The van der Waals surface area contributed by atoms with E-state index >= 15 is 0 Å². The van der Waals surface area contributed by atoms with Gasteiger partial charge < -0.3 is 10.3 Å². The summed E-state index contributed by atoms with van der Waals surface area (Å²) in [7, 11) is 0. The van der Waals surface area contributed by atoms with Crippen molar-refractivity contribution >= 4 is 15.9 Å². The van der Waals surface area contributed by atoms with Gasteiger partial charge in [-0.1, -0.05) is 28.1 Å². The predicted molar refractivity (Wildman–Crippen MR) is 70.3 cm³/mol. The molecule has 2 aromatic rings. The summed E-state index contributed by atoms with van der Waals surface area (Å²) < 4.78 is 3.27. The average Bonchev–Trinajstić information content (AvgIpc) is 2.66. The molecule has 0 aliphatic carbocycles. The fraction of sp³-hybridized carbons (Fsp3) is 0.231. The number of benzene rings is 1. The Balaban J connectivity index is 2.14. The number of hydrogen-bond acceptors (Lipinski definition) is 1. The van der Waals surface area contributed by atoms with Gasteiger partial charge in [-0.05, 0) is 36.2 Å². The van der Waals surface area contributed by atoms with Crippen LogP contribution in [0.15, 0.2) is 47.2 Å². The molecule has 1 aromatic carbocycles. The topological polar surface area (TPSA) is 30.9 Å². The lowest BCUT2D eigenvalue weighted by atomic mass is 10.2. The highest BCUT2D eigenvalue weighted by Crippen LogP contribution is 2.15. The first-order valence-electron chi connectivity index (χ1n) is 5.31. The lowest BCUT2D eigenvalue weighted by Crippen LogP contribution is -2.03. The van der Waals surface area contributed by atoms with Crippen molar-refractivity contribution in [2.24, 2.45) is 5.73 Å². The van der Waals surface area contributed by atoms with Gasteiger partial charge in [0.1, 0.15) is 0 Å². The van der Waals surface area contributed by atoms with Gasteiger partial charge in [-0.3, -0.25) is 0 Å². The van der Waals surface area contributed by atoms with Crippen LogP contribution in [0.5, 0.6) is 0 Å². The third-order valence-electron chi connectivity index (χ3n) is 2.55. The molecule has 0 amide bonds. The molecular formula is C13H15BrN2. The lowest BCUT2D eigenvalue weighted by molar-refractivity contribution is 0.777. The largest absolute Gasteiger partial charge is 0.350 e. The van der Waals surface area contributed by atoms with Gasteiger partial charge in [0.15, 0.2) is 0 Å². The van der Waals surface area contributed by atoms with E-state index in [0.717, 1.165) is 11.0 Å². The van der Waals surface area contributed by atoms with Crippen LogP contribution in [0.1, 0.15) is 24.1 Å². The second-order valence-corrected chi connectivity index (χ2v) is 4.95. The van der Waals surface area contributed by atoms with Gasteiger partial charge in [0.05, 0.1) is 0 Å². The van der Waals surface area contributed by atoms with Crippen molar-refractivity contribution in [1.82, 2.24) is 4.57 Å². The molecule has 0 aliphatic heterocycles. The van der Waals surface area contributed by atoms with Crippen molar-refractivity contribution in [2.45, 2.75) is 19.5 Å². The van der Waals surface area contributed by atoms with E-state index in [1.54, 1.807) is 0 Å². The Hall–Kier alpha value is -1.06. The highest BCUT2D eigenvalue weighted by atomic mass is 79.9. The number of rotatable bonds is 3. The van der Waals surface area contributed by atoms with E-state index in [1.165, 1.54) is 11.1 Å². The predicted octanol–water partition coefficient (Wildman–Crippen LogP) is 3.32. The number of halogens is 1. The Labute approximate surface area is 104 Å². The van der Waals surface area contributed by atoms with Crippen LogP contribution in [-0.2, 0) is 6.54 Å². The molecule has 0 saturated heterocycles. The smallest absolute Gasteiger partial charge is 0.0470 e. The van der Waals surface area contributed by atoms with E-state index in [-0.39, 0.29) is 6.04 Å². The van der Waals surface area contributed by atoms with E-state index < -0.39 is 0 Å². The minimum absolute atomic E-state index is 0.101. The van der Waals surface area contributed by atoms with Crippen LogP contribution in [0, 0.1) is 0 Å². The first-order valence-corrected chi connectivity index (χ1v) is 6.10. The summed E-state index contributed by atoms with van der Waals surface area (Å²) in [6, 6.07) is 10.5. The van der Waals surface area contributed by atoms with Crippen LogP contribution >= 0.6 is 15.9 Å². The second kappa shape index (κ2) is 4.85. The molecule has 2 nitrogen and oxygen atoms in total. The van der Waals surface area contributed by atoms with Gasteiger partial charge in [-0.2, -0.15) is 0 Å². The Morgan fingerprint density at radius 3 is 2.81 bits per heavy atom. The first kappa shape index (κ1) is 11.4. The number of nitrogens with two attached hydrogens (primary N) is 1. The maximum Gasteiger partial charge on any atom is 0.0470 e. The minimum atomic E-state index is 0.101. The number of hydrogen-bond donors (Lipinski definition) is 1. The zero-order chi connectivity index (χ0) is 11.5. The van der Waals surface area contributed by atoms with Gasteiger partial charge in [0.25, 0.3) is 0 Å². The van der Waals surface area contributed by atoms with Crippen molar-refractivity contribution < 1.29 is 0 Å². The minimum Gasteiger partial charge on any atom is -0.350 e. The van der Waals surface area contributed by atoms with Crippen molar-refractivity contribution in [3.05, 3.63) is 58.3 Å². The number of nitrogens with zero attached hydrogens (tertiary/aromatic N) is 1. The van der Waals surface area contributed by atoms with E-state index in [0.29, 0.717) is 0 Å². The summed E-state index contributed by atoms with van der Waals surface area (Å²) in [6.45, 7) is 2.88. The molecule has 0 saturated carbocycles. The van der Waals surface area contributed by atoms with Crippen LogP contribution < -0.4 is 5.73 Å². The molecule has 0 bridgehead atoms. The fourth-order valence-corrected chi connectivity index (χ4v) is 2.12. The van der Waals surface area contributed by atoms with Crippen LogP contribution in [-0.4, -0.2) is 4.57 Å². The van der Waals surface area contributed by atoms with Crippen molar-refractivity contribution in [2.75, 3.05) is 0 Å². The Morgan fingerprint density at radius 1 is 1.38 bits per heavy atom. The maximum atomic E-state index is 5.82. The van der Waals surface area contributed by atoms with Crippen LogP contribution in [0.2, 0.25) is 0 Å². The summed E-state index contributed by atoms with van der Waals surface area (Å²) in [5.74, 6) is 0. The molecule has 16 heavy (non-hydrogen) atoms. The van der Waals surface area contributed by atoms with E-state index in [2.05, 4.69) is 57.2 Å². The molecule has 0 radical (unpaired) electrons. The fourth-order valence-electron chi connectivity index (χ4n) is 1.67. The van der Waals surface area contributed by atoms with Gasteiger partial charge in [-0.25, -0.2) is 0 Å². The third kappa shape index (κ3) is 2.74. The number of aromatic nitrogens is 1. The Kier molecular flexibility index (Phi) is 3.46. The van der Waals surface area contributed by atoms with E-state index in [4.69, 9.17) is 5.73 Å². The Bertz CT molecular complexity index is 474. The summed E-state index contributed by atoms with van der Waals surface area (Å²) in [5, 5.41) is 0. The average molecular weight is 279 g/mol. The highest BCUT2D eigenvalue weighted by Gasteiger charge is 2.02. The van der Waals surface area contributed by atoms with Crippen molar-refractivity contribution in [1.29, 1.82) is 0 Å². The molecule has 2 rings (SSSR count). The normalized spacial score (nSPS) is 12.7. The molecule has 1 heterocycles. The summed E-state index contributed by atoms with van der Waals surface area (Å²) >= 11 is 3.47. The molecule has 1 atom stereocenters. The van der Waals surface area contributed by atoms with Crippen LogP contribution in [0.3, 0.4) is 0 Å². The summed E-state index contributed by atoms with van der Waals surface area (Å²) in [4.78, 5) is 0. The molecule has 84 valence electrons. The van der Waals surface area contributed by atoms with Gasteiger partial charge in [0, 0.05) is 29.5 Å². The summed E-state index contributed by atoms with van der Waals surface area (Å²) in [6.07, 6.45) is 4.17. The van der Waals surface area contributed by atoms with E-state index in [9.17, 15) is 0 Å². The molecule has 3 heteroatoms. The van der Waals surface area contributed by atoms with Crippen molar-refractivity contribution in [3.8, 4) is 0 Å². The quantitative estimate of drug-likeness (QED) is 0.918. The van der Waals surface area contributed by atoms with E-state index in [1.807, 2.05) is 13.0 Å². The summed E-state index contributed by atoms with van der Waals surface area (Å²) in [5.41, 5.74) is 8.28. The molecule has 2 N–H and O–H groups in total. The zero-order valence-electron chi connectivity index (χ0n) is 9.23. The van der Waals surface area contributed by atoms with Crippen LogP contribution in [0.4, 0.5) is 0 Å². The maximum absolute atomic E-state index is 5.82. The zero-order valence-corrected chi connectivity index (χ0v) is 10.8. The third-order valence-corrected chi connectivity index (χ3v) is 3.05. The monoisotopic (exact) mass is 278 g/mol. The molecule has 1 aromatic heterocycles. The SMILES string of the molecule is CC(N)c1ccn(Cc2cccc(Br)c2)c1. The standard InChI is InChI=1S/C13H15BrN2/c1-10(15)12-5-6-16(9-12)8-11-3-2-4-13(14)7-11/h2-7,9-10H,8,15H2,1H3. The Morgan fingerprint density at radius 2 is 2.19 bits per heavy atom. The molecule has 0 fully saturated rings. The highest BCUT2D eigenvalue weighted by molar-refractivity contribution is 9.10. The van der Waals surface area contributed by atoms with Crippen molar-refractivity contribution in [3.63, 3.8) is 0 Å². The second-order valence-electron chi connectivity index (χ2n) is 4.04. The lowest BCUT2D eigenvalue weighted by Gasteiger charge is -2.04. The molecular weight excluding hydrogens is 264 g/mol. The molecule has 0 spiro atoms. The van der Waals surface area contributed by atoms with Gasteiger partial charge >= 0.3 is 0 Å². The molecule has 1 unspecified atom stereocenters. The first-order chi connectivity index (χ1) is 7.65. The molecule has 0 aliphatic rings.